The number of nitrogens with zero attached hydrogens (tertiary/aromatic N) is 1. The van der Waals surface area contributed by atoms with E-state index < -0.39 is 0 Å². The Morgan fingerprint density at radius 2 is 2.12 bits per heavy atom. The first kappa shape index (κ1) is 20.4. The van der Waals surface area contributed by atoms with Crippen LogP contribution in [-0.2, 0) is 6.42 Å². The zero-order chi connectivity index (χ0) is 17.8. The van der Waals surface area contributed by atoms with Crippen LogP contribution in [0.1, 0.15) is 11.1 Å². The Morgan fingerprint density at radius 1 is 1.31 bits per heavy atom. The number of aromatic amines is 1. The number of guanidine groups is 1. The van der Waals surface area contributed by atoms with Gasteiger partial charge in [-0.15, -0.1) is 24.0 Å². The summed E-state index contributed by atoms with van der Waals surface area (Å²) < 4.78 is 5.13. The lowest BCUT2D eigenvalue weighted by Crippen LogP contribution is -2.23. The van der Waals surface area contributed by atoms with Crippen LogP contribution in [0.4, 0.5) is 5.69 Å². The number of methoxy groups -OCH3 is 1. The van der Waals surface area contributed by atoms with E-state index in [2.05, 4.69) is 40.4 Å². The number of fused-ring (bicyclic) bond motifs is 1. The SMILES string of the molecule is COc1ccc(NC(N)=NCCc2c[nH]c3cccc(C)c23)cc1Cl.I. The number of rotatable bonds is 5. The van der Waals surface area contributed by atoms with Crippen LogP contribution >= 0.6 is 35.6 Å². The molecule has 0 fully saturated rings. The quantitative estimate of drug-likeness (QED) is 0.278. The van der Waals surface area contributed by atoms with E-state index in [4.69, 9.17) is 22.1 Å². The average molecular weight is 485 g/mol. The van der Waals surface area contributed by atoms with Gasteiger partial charge in [-0.3, -0.25) is 4.99 Å². The predicted molar refractivity (Wildman–Crippen MR) is 120 cm³/mol. The number of H-pyrrole nitrogens is 1. The fourth-order valence-electron chi connectivity index (χ4n) is 2.88. The molecule has 0 radical (unpaired) electrons. The molecule has 0 unspecified atom stereocenters. The Morgan fingerprint density at radius 3 is 2.85 bits per heavy atom. The molecule has 5 nitrogen and oxygen atoms in total. The summed E-state index contributed by atoms with van der Waals surface area (Å²) in [6.45, 7) is 2.72. The van der Waals surface area contributed by atoms with Crippen molar-refractivity contribution in [2.45, 2.75) is 13.3 Å². The van der Waals surface area contributed by atoms with E-state index in [0.29, 0.717) is 23.3 Å². The van der Waals surface area contributed by atoms with Crippen molar-refractivity contribution in [1.29, 1.82) is 0 Å². The summed E-state index contributed by atoms with van der Waals surface area (Å²) in [6, 6.07) is 11.6. The van der Waals surface area contributed by atoms with Gasteiger partial charge in [0.2, 0.25) is 0 Å². The Balaban J connectivity index is 0.00000243. The summed E-state index contributed by atoms with van der Waals surface area (Å²) in [7, 11) is 1.58. The van der Waals surface area contributed by atoms with E-state index in [1.807, 2.05) is 12.3 Å². The number of aliphatic imine (C=N–C) groups is 1. The Labute approximate surface area is 175 Å². The number of nitrogens with two attached hydrogens (primary N) is 1. The topological polar surface area (TPSA) is 75.4 Å². The highest BCUT2D eigenvalue weighted by molar-refractivity contribution is 14.0. The number of aromatic nitrogens is 1. The lowest BCUT2D eigenvalue weighted by atomic mass is 10.1. The highest BCUT2D eigenvalue weighted by Crippen LogP contribution is 2.27. The third kappa shape index (κ3) is 4.62. The van der Waals surface area contributed by atoms with Gasteiger partial charge in [-0.1, -0.05) is 23.7 Å². The van der Waals surface area contributed by atoms with Crippen molar-refractivity contribution >= 4 is 58.1 Å². The molecule has 0 aliphatic heterocycles. The van der Waals surface area contributed by atoms with Crippen LogP contribution in [0.25, 0.3) is 10.9 Å². The summed E-state index contributed by atoms with van der Waals surface area (Å²) in [4.78, 5) is 7.70. The minimum absolute atomic E-state index is 0. The van der Waals surface area contributed by atoms with E-state index in [-0.39, 0.29) is 24.0 Å². The summed E-state index contributed by atoms with van der Waals surface area (Å²) in [5, 5.41) is 4.83. The molecule has 0 aliphatic carbocycles. The molecule has 2 aromatic carbocycles. The van der Waals surface area contributed by atoms with Gasteiger partial charge >= 0.3 is 0 Å². The van der Waals surface area contributed by atoms with Crippen LogP contribution in [0.5, 0.6) is 5.75 Å². The second kappa shape index (κ2) is 9.14. The summed E-state index contributed by atoms with van der Waals surface area (Å²) in [6.07, 6.45) is 2.86. The molecule has 0 aliphatic rings. The standard InChI is InChI=1S/C19H21ClN4O.HI/c1-12-4-3-5-16-18(12)13(11-23-16)8-9-22-19(21)24-14-6-7-17(25-2)15(20)10-14;/h3-7,10-11,23H,8-9H2,1-2H3,(H3,21,22,24);1H. The van der Waals surface area contributed by atoms with Gasteiger partial charge in [-0.25, -0.2) is 0 Å². The molecule has 3 rings (SSSR count). The third-order valence-corrected chi connectivity index (χ3v) is 4.38. The Hall–Kier alpha value is -1.93. The van der Waals surface area contributed by atoms with Crippen molar-refractivity contribution in [3.63, 3.8) is 0 Å². The van der Waals surface area contributed by atoms with Crippen molar-refractivity contribution in [3.8, 4) is 5.75 Å². The number of nitrogens with one attached hydrogen (secondary N) is 2. The van der Waals surface area contributed by atoms with E-state index in [1.54, 1.807) is 19.2 Å². The molecule has 0 bridgehead atoms. The van der Waals surface area contributed by atoms with Crippen molar-refractivity contribution in [1.82, 2.24) is 4.98 Å². The smallest absolute Gasteiger partial charge is 0.193 e. The zero-order valence-corrected chi connectivity index (χ0v) is 17.8. The van der Waals surface area contributed by atoms with Crippen LogP contribution in [0.3, 0.4) is 0 Å². The molecule has 138 valence electrons. The molecule has 7 heteroatoms. The monoisotopic (exact) mass is 484 g/mol. The van der Waals surface area contributed by atoms with Crippen LogP contribution in [0.2, 0.25) is 5.02 Å². The average Bonchev–Trinajstić information content (AvgIpc) is 3.00. The van der Waals surface area contributed by atoms with Crippen LogP contribution in [0, 0.1) is 6.92 Å². The summed E-state index contributed by atoms with van der Waals surface area (Å²) >= 11 is 6.11. The maximum Gasteiger partial charge on any atom is 0.193 e. The molecule has 1 heterocycles. The fraction of sp³-hybridized carbons (Fsp3) is 0.211. The van der Waals surface area contributed by atoms with E-state index in [9.17, 15) is 0 Å². The molecular formula is C19H22ClIN4O. The number of anilines is 1. The van der Waals surface area contributed by atoms with Crippen LogP contribution < -0.4 is 15.8 Å². The molecular weight excluding hydrogens is 463 g/mol. The first-order valence-electron chi connectivity index (χ1n) is 8.04. The molecule has 0 saturated carbocycles. The number of benzene rings is 2. The van der Waals surface area contributed by atoms with E-state index in [0.717, 1.165) is 17.6 Å². The van der Waals surface area contributed by atoms with Gasteiger partial charge in [0.05, 0.1) is 12.1 Å². The molecule has 3 aromatic rings. The molecule has 4 N–H and O–H groups in total. The molecule has 0 spiro atoms. The highest BCUT2D eigenvalue weighted by Gasteiger charge is 2.06. The summed E-state index contributed by atoms with van der Waals surface area (Å²) in [5.41, 5.74) is 10.4. The Kier molecular flexibility index (Phi) is 7.16. The van der Waals surface area contributed by atoms with Gasteiger partial charge < -0.3 is 20.8 Å². The van der Waals surface area contributed by atoms with Gasteiger partial charge in [0.25, 0.3) is 0 Å². The number of aryl methyl sites for hydroxylation is 1. The molecule has 0 saturated heterocycles. The molecule has 1 aromatic heterocycles. The van der Waals surface area contributed by atoms with Crippen LogP contribution in [0.15, 0.2) is 47.6 Å². The maximum atomic E-state index is 6.11. The third-order valence-electron chi connectivity index (χ3n) is 4.08. The molecule has 0 atom stereocenters. The lowest BCUT2D eigenvalue weighted by Gasteiger charge is -2.08. The van der Waals surface area contributed by atoms with Crippen molar-refractivity contribution < 1.29 is 4.74 Å². The molecule has 26 heavy (non-hydrogen) atoms. The maximum absolute atomic E-state index is 6.11. The van der Waals surface area contributed by atoms with Gasteiger partial charge in [0.15, 0.2) is 5.96 Å². The minimum atomic E-state index is 0. The largest absolute Gasteiger partial charge is 0.495 e. The zero-order valence-electron chi connectivity index (χ0n) is 14.7. The number of hydrogen-bond acceptors (Lipinski definition) is 2. The second-order valence-electron chi connectivity index (χ2n) is 5.80. The first-order valence-corrected chi connectivity index (χ1v) is 8.42. The normalized spacial score (nSPS) is 11.3. The first-order chi connectivity index (χ1) is 12.1. The fourth-order valence-corrected chi connectivity index (χ4v) is 3.13. The minimum Gasteiger partial charge on any atom is -0.495 e. The highest BCUT2D eigenvalue weighted by atomic mass is 127. The van der Waals surface area contributed by atoms with E-state index >= 15 is 0 Å². The van der Waals surface area contributed by atoms with Gasteiger partial charge in [0, 0.05) is 29.3 Å². The second-order valence-corrected chi connectivity index (χ2v) is 6.21. The van der Waals surface area contributed by atoms with Gasteiger partial charge in [0.1, 0.15) is 5.75 Å². The van der Waals surface area contributed by atoms with Crippen LogP contribution in [-0.4, -0.2) is 24.6 Å². The molecule has 0 amide bonds. The van der Waals surface area contributed by atoms with E-state index in [1.165, 1.54) is 16.5 Å². The Bertz CT molecular complexity index is 923. The van der Waals surface area contributed by atoms with Crippen molar-refractivity contribution in [2.75, 3.05) is 19.0 Å². The van der Waals surface area contributed by atoms with Crippen molar-refractivity contribution in [3.05, 3.63) is 58.7 Å². The number of ether oxygens (including phenoxy) is 1. The number of hydrogen-bond donors (Lipinski definition) is 3. The summed E-state index contributed by atoms with van der Waals surface area (Å²) in [5.74, 6) is 0.982. The van der Waals surface area contributed by atoms with Crippen molar-refractivity contribution in [2.24, 2.45) is 10.7 Å². The van der Waals surface area contributed by atoms with Gasteiger partial charge in [-0.2, -0.15) is 0 Å². The van der Waals surface area contributed by atoms with Gasteiger partial charge in [-0.05, 0) is 48.7 Å². The number of halogens is 2. The predicted octanol–water partition coefficient (Wildman–Crippen LogP) is 4.73. The lowest BCUT2D eigenvalue weighted by molar-refractivity contribution is 0.415.